The van der Waals surface area contributed by atoms with Crippen molar-refractivity contribution >= 4 is 34.6 Å². The fourth-order valence-corrected chi connectivity index (χ4v) is 3.20. The Morgan fingerprint density at radius 3 is 2.73 bits per heavy atom. The molecule has 2 rings (SSSR count). The topological polar surface area (TPSA) is 106 Å². The third kappa shape index (κ3) is 4.57. The normalized spacial score (nSPS) is 12.0. The number of aryl methyl sites for hydroxylation is 1. The first-order chi connectivity index (χ1) is 12.4. The van der Waals surface area contributed by atoms with Gasteiger partial charge in [0.15, 0.2) is 0 Å². The number of hydrogen-bond donors (Lipinski definition) is 2. The summed E-state index contributed by atoms with van der Waals surface area (Å²) in [5, 5.41) is 12.3. The Morgan fingerprint density at radius 2 is 2.12 bits per heavy atom. The molecular weight excluding hydrogens is 358 g/mol. The van der Waals surface area contributed by atoms with E-state index in [0.29, 0.717) is 16.9 Å². The van der Waals surface area contributed by atoms with Crippen molar-refractivity contribution in [3.63, 3.8) is 0 Å². The molecule has 0 fully saturated rings. The number of ether oxygens (including phenoxy) is 1. The van der Waals surface area contributed by atoms with Crippen molar-refractivity contribution in [1.82, 2.24) is 5.32 Å². The van der Waals surface area contributed by atoms with Crippen LogP contribution in [0.3, 0.4) is 0 Å². The standard InChI is InChI=1S/C18H21NO6S/c1-10-12-5-4-11(24-2)8-15(12)25-18(23)13(10)6-7-16(20)19-14(9-26-3)17(21)22/h4-5,8,14H,6-7,9H2,1-3H3,(H,19,20)(H,21,22)/t14-/m1/s1. The minimum absolute atomic E-state index is 0.00538. The van der Waals surface area contributed by atoms with E-state index in [4.69, 9.17) is 14.3 Å². The van der Waals surface area contributed by atoms with Crippen LogP contribution < -0.4 is 15.7 Å². The molecule has 7 nitrogen and oxygen atoms in total. The highest BCUT2D eigenvalue weighted by Gasteiger charge is 2.20. The minimum atomic E-state index is -1.08. The smallest absolute Gasteiger partial charge is 0.339 e. The number of fused-ring (bicyclic) bond motifs is 1. The number of aliphatic carboxylic acids is 1. The molecule has 0 aliphatic carbocycles. The quantitative estimate of drug-likeness (QED) is 0.676. The second-order valence-corrected chi connectivity index (χ2v) is 6.68. The SMILES string of the molecule is COc1ccc2c(C)c(CCC(=O)N[C@H](CSC)C(=O)O)c(=O)oc2c1. The molecule has 0 saturated heterocycles. The molecule has 0 saturated carbocycles. The number of rotatable bonds is 8. The molecule has 1 aromatic heterocycles. The lowest BCUT2D eigenvalue weighted by atomic mass is 10.0. The van der Waals surface area contributed by atoms with Crippen LogP contribution in [0.15, 0.2) is 27.4 Å². The second kappa shape index (κ2) is 8.75. The Kier molecular flexibility index (Phi) is 6.68. The van der Waals surface area contributed by atoms with Crippen LogP contribution in [-0.4, -0.2) is 42.1 Å². The van der Waals surface area contributed by atoms with Gasteiger partial charge >= 0.3 is 11.6 Å². The molecule has 2 aromatic rings. The number of carboxylic acid groups (broad SMARTS) is 1. The highest BCUT2D eigenvalue weighted by Crippen LogP contribution is 2.24. The van der Waals surface area contributed by atoms with Gasteiger partial charge in [0.2, 0.25) is 5.91 Å². The fourth-order valence-electron chi connectivity index (χ4n) is 2.64. The molecule has 26 heavy (non-hydrogen) atoms. The number of carbonyl (C=O) groups is 2. The summed E-state index contributed by atoms with van der Waals surface area (Å²) in [6, 6.07) is 4.26. The van der Waals surface area contributed by atoms with Crippen molar-refractivity contribution in [3.8, 4) is 5.75 Å². The van der Waals surface area contributed by atoms with Gasteiger partial charge in [-0.05, 0) is 37.3 Å². The number of carboxylic acids is 1. The first-order valence-corrected chi connectivity index (χ1v) is 9.38. The van der Waals surface area contributed by atoms with Gasteiger partial charge in [-0.15, -0.1) is 0 Å². The van der Waals surface area contributed by atoms with Gasteiger partial charge in [-0.25, -0.2) is 9.59 Å². The zero-order valence-corrected chi connectivity index (χ0v) is 15.6. The molecule has 0 unspecified atom stereocenters. The lowest BCUT2D eigenvalue weighted by Crippen LogP contribution is -2.42. The predicted molar refractivity (Wildman–Crippen MR) is 100 cm³/mol. The molecule has 140 valence electrons. The van der Waals surface area contributed by atoms with Crippen LogP contribution >= 0.6 is 11.8 Å². The summed E-state index contributed by atoms with van der Waals surface area (Å²) in [4.78, 5) is 35.4. The lowest BCUT2D eigenvalue weighted by Gasteiger charge is -2.13. The second-order valence-electron chi connectivity index (χ2n) is 5.77. The lowest BCUT2D eigenvalue weighted by molar-refractivity contribution is -0.141. The number of thioether (sulfide) groups is 1. The van der Waals surface area contributed by atoms with Gasteiger partial charge < -0.3 is 19.6 Å². The molecular formula is C18H21NO6S. The molecule has 8 heteroatoms. The predicted octanol–water partition coefficient (Wildman–Crippen LogP) is 1.98. The average Bonchev–Trinajstić information content (AvgIpc) is 2.60. The summed E-state index contributed by atoms with van der Waals surface area (Å²) in [5.41, 5.74) is 1.07. The zero-order valence-electron chi connectivity index (χ0n) is 14.8. The zero-order chi connectivity index (χ0) is 19.3. The highest BCUT2D eigenvalue weighted by molar-refractivity contribution is 7.98. The maximum Gasteiger partial charge on any atom is 0.339 e. The first kappa shape index (κ1) is 19.8. The van der Waals surface area contributed by atoms with Gasteiger partial charge in [0.05, 0.1) is 7.11 Å². The van der Waals surface area contributed by atoms with Crippen molar-refractivity contribution in [2.75, 3.05) is 19.1 Å². The van der Waals surface area contributed by atoms with Crippen molar-refractivity contribution in [2.45, 2.75) is 25.8 Å². The molecule has 2 N–H and O–H groups in total. The minimum Gasteiger partial charge on any atom is -0.497 e. The van der Waals surface area contributed by atoms with Crippen LogP contribution in [-0.2, 0) is 16.0 Å². The third-order valence-corrected chi connectivity index (χ3v) is 4.73. The number of nitrogens with one attached hydrogen (secondary N) is 1. The van der Waals surface area contributed by atoms with Gasteiger partial charge in [-0.3, -0.25) is 4.79 Å². The largest absolute Gasteiger partial charge is 0.497 e. The summed E-state index contributed by atoms with van der Waals surface area (Å²) < 4.78 is 10.5. The maximum absolute atomic E-state index is 12.3. The molecule has 0 spiro atoms. The van der Waals surface area contributed by atoms with Crippen LogP contribution in [0.4, 0.5) is 0 Å². The maximum atomic E-state index is 12.3. The van der Waals surface area contributed by atoms with E-state index in [1.54, 1.807) is 31.4 Å². The molecule has 1 atom stereocenters. The van der Waals surface area contributed by atoms with Gasteiger partial charge in [0, 0.05) is 29.2 Å². The molecule has 0 aliphatic heterocycles. The van der Waals surface area contributed by atoms with Crippen LogP contribution in [0.25, 0.3) is 11.0 Å². The summed E-state index contributed by atoms with van der Waals surface area (Å²) in [6.45, 7) is 1.80. The van der Waals surface area contributed by atoms with Crippen molar-refractivity contribution in [2.24, 2.45) is 0 Å². The molecule has 0 aliphatic rings. The van der Waals surface area contributed by atoms with E-state index >= 15 is 0 Å². The molecule has 1 aromatic carbocycles. The van der Waals surface area contributed by atoms with Crippen LogP contribution in [0, 0.1) is 6.92 Å². The summed E-state index contributed by atoms with van der Waals surface area (Å²) in [7, 11) is 1.53. The van der Waals surface area contributed by atoms with Crippen molar-refractivity contribution < 1.29 is 23.8 Å². The molecule has 1 heterocycles. The third-order valence-electron chi connectivity index (χ3n) is 4.06. The van der Waals surface area contributed by atoms with Crippen molar-refractivity contribution in [1.29, 1.82) is 0 Å². The first-order valence-electron chi connectivity index (χ1n) is 7.98. The Morgan fingerprint density at radius 1 is 1.38 bits per heavy atom. The monoisotopic (exact) mass is 379 g/mol. The van der Waals surface area contributed by atoms with Gasteiger partial charge in [0.25, 0.3) is 0 Å². The summed E-state index contributed by atoms with van der Waals surface area (Å²) in [6.07, 6.45) is 1.94. The molecule has 1 amide bonds. The van der Waals surface area contributed by atoms with E-state index in [9.17, 15) is 14.4 Å². The molecule has 0 bridgehead atoms. The van der Waals surface area contributed by atoms with E-state index in [2.05, 4.69) is 5.32 Å². The number of amides is 1. The molecule has 0 radical (unpaired) electrons. The number of hydrogen-bond acceptors (Lipinski definition) is 6. The van der Waals surface area contributed by atoms with E-state index in [0.717, 1.165) is 10.9 Å². The Labute approximate surface area is 154 Å². The van der Waals surface area contributed by atoms with E-state index in [1.165, 1.54) is 18.9 Å². The van der Waals surface area contributed by atoms with Crippen LogP contribution in [0.5, 0.6) is 5.75 Å². The van der Waals surface area contributed by atoms with Crippen LogP contribution in [0.2, 0.25) is 0 Å². The summed E-state index contributed by atoms with van der Waals surface area (Å²) >= 11 is 1.33. The Hall–Kier alpha value is -2.48. The summed E-state index contributed by atoms with van der Waals surface area (Å²) in [5.74, 6) is -0.635. The van der Waals surface area contributed by atoms with Gasteiger partial charge in [-0.1, -0.05) is 0 Å². The van der Waals surface area contributed by atoms with E-state index in [1.807, 2.05) is 0 Å². The van der Waals surface area contributed by atoms with E-state index in [-0.39, 0.29) is 18.6 Å². The number of methoxy groups -OCH3 is 1. The fraction of sp³-hybridized carbons (Fsp3) is 0.389. The van der Waals surface area contributed by atoms with Gasteiger partial charge in [0.1, 0.15) is 17.4 Å². The average molecular weight is 379 g/mol. The van der Waals surface area contributed by atoms with E-state index < -0.39 is 23.5 Å². The number of benzene rings is 1. The van der Waals surface area contributed by atoms with Crippen molar-refractivity contribution in [3.05, 3.63) is 39.7 Å². The highest BCUT2D eigenvalue weighted by atomic mass is 32.2. The Balaban J connectivity index is 2.17. The van der Waals surface area contributed by atoms with Crippen LogP contribution in [0.1, 0.15) is 17.5 Å². The Bertz CT molecular complexity index is 876. The number of carbonyl (C=O) groups excluding carboxylic acids is 1. The van der Waals surface area contributed by atoms with Gasteiger partial charge in [-0.2, -0.15) is 11.8 Å².